The highest BCUT2D eigenvalue weighted by Crippen LogP contribution is 2.27. The third kappa shape index (κ3) is 5.96. The summed E-state index contributed by atoms with van der Waals surface area (Å²) >= 11 is 1.28. The van der Waals surface area contributed by atoms with Crippen LogP contribution in [0.4, 0.5) is 11.4 Å². The van der Waals surface area contributed by atoms with Crippen molar-refractivity contribution in [1.29, 1.82) is 0 Å². The Labute approximate surface area is 179 Å². The Morgan fingerprint density at radius 1 is 1.23 bits per heavy atom. The van der Waals surface area contributed by atoms with E-state index in [9.17, 15) is 14.9 Å². The highest BCUT2D eigenvalue weighted by molar-refractivity contribution is 8.00. The van der Waals surface area contributed by atoms with Gasteiger partial charge in [-0.15, -0.1) is 11.8 Å². The number of amides is 1. The number of carbonyl (C=O) groups excluding carboxylic acids is 1. The topological polar surface area (TPSA) is 97.1 Å². The normalized spacial score (nSPS) is 14.0. The zero-order valence-electron chi connectivity index (χ0n) is 16.7. The largest absolute Gasteiger partial charge is 0.496 e. The van der Waals surface area contributed by atoms with E-state index in [1.165, 1.54) is 43.2 Å². The summed E-state index contributed by atoms with van der Waals surface area (Å²) in [5, 5.41) is 14.7. The second kappa shape index (κ2) is 10.6. The van der Waals surface area contributed by atoms with Crippen LogP contribution in [0.15, 0.2) is 52.5 Å². The maximum absolute atomic E-state index is 12.0. The average molecular weight is 429 g/mol. The van der Waals surface area contributed by atoms with E-state index >= 15 is 0 Å². The van der Waals surface area contributed by atoms with E-state index in [4.69, 9.17) is 4.74 Å². The van der Waals surface area contributed by atoms with Crippen molar-refractivity contribution in [3.05, 3.63) is 58.1 Å². The van der Waals surface area contributed by atoms with Gasteiger partial charge >= 0.3 is 0 Å². The zero-order valence-corrected chi connectivity index (χ0v) is 17.6. The maximum atomic E-state index is 12.0. The van der Waals surface area contributed by atoms with Crippen LogP contribution in [0.25, 0.3) is 0 Å². The lowest BCUT2D eigenvalue weighted by molar-refractivity contribution is -0.384. The predicted molar refractivity (Wildman–Crippen MR) is 119 cm³/mol. The minimum atomic E-state index is -0.455. The van der Waals surface area contributed by atoms with E-state index in [1.54, 1.807) is 25.5 Å². The number of rotatable bonds is 8. The number of hydrogen-bond acceptors (Lipinski definition) is 7. The fourth-order valence-corrected chi connectivity index (χ4v) is 3.87. The minimum absolute atomic E-state index is 0.0219. The molecule has 0 spiro atoms. The van der Waals surface area contributed by atoms with Gasteiger partial charge in [-0.05, 0) is 43.5 Å². The van der Waals surface area contributed by atoms with Crippen molar-refractivity contribution >= 4 is 35.3 Å². The van der Waals surface area contributed by atoms with Crippen LogP contribution < -0.4 is 15.1 Å². The second-order valence-electron chi connectivity index (χ2n) is 6.81. The summed E-state index contributed by atoms with van der Waals surface area (Å²) in [6.07, 6.45) is 5.25. The van der Waals surface area contributed by atoms with Crippen LogP contribution in [0, 0.1) is 10.1 Å². The monoisotopic (exact) mass is 428 g/mol. The van der Waals surface area contributed by atoms with Crippen LogP contribution in [0.5, 0.6) is 5.75 Å². The molecule has 1 aliphatic rings. The van der Waals surface area contributed by atoms with Crippen molar-refractivity contribution in [2.75, 3.05) is 30.9 Å². The summed E-state index contributed by atoms with van der Waals surface area (Å²) in [5.74, 6) is 0.593. The molecule has 1 heterocycles. The maximum Gasteiger partial charge on any atom is 0.269 e. The number of anilines is 1. The van der Waals surface area contributed by atoms with Gasteiger partial charge in [0.15, 0.2) is 0 Å². The number of nitro benzene ring substituents is 1. The first-order valence-corrected chi connectivity index (χ1v) is 10.7. The first-order valence-electron chi connectivity index (χ1n) is 9.69. The first-order chi connectivity index (χ1) is 14.6. The van der Waals surface area contributed by atoms with E-state index < -0.39 is 4.92 Å². The Bertz CT molecular complexity index is 912. The van der Waals surface area contributed by atoms with E-state index in [0.717, 1.165) is 29.2 Å². The average Bonchev–Trinajstić information content (AvgIpc) is 2.78. The van der Waals surface area contributed by atoms with Crippen LogP contribution in [0.3, 0.4) is 0 Å². The quantitative estimate of drug-likeness (QED) is 0.297. The van der Waals surface area contributed by atoms with Crippen LogP contribution in [-0.2, 0) is 4.79 Å². The smallest absolute Gasteiger partial charge is 0.269 e. The molecular formula is C21H24N4O4S. The van der Waals surface area contributed by atoms with Crippen LogP contribution >= 0.6 is 11.8 Å². The lowest BCUT2D eigenvalue weighted by Crippen LogP contribution is -2.29. The van der Waals surface area contributed by atoms with Crippen molar-refractivity contribution in [3.8, 4) is 5.75 Å². The number of hydrazone groups is 1. The summed E-state index contributed by atoms with van der Waals surface area (Å²) in [4.78, 5) is 25.3. The fourth-order valence-electron chi connectivity index (χ4n) is 3.17. The highest BCUT2D eigenvalue weighted by atomic mass is 32.2. The number of benzene rings is 2. The van der Waals surface area contributed by atoms with Crippen molar-refractivity contribution in [1.82, 2.24) is 5.43 Å². The van der Waals surface area contributed by atoms with Crippen molar-refractivity contribution in [3.63, 3.8) is 0 Å². The summed E-state index contributed by atoms with van der Waals surface area (Å²) in [5.41, 5.74) is 4.43. The number of ether oxygens (including phenoxy) is 1. The summed E-state index contributed by atoms with van der Waals surface area (Å²) in [7, 11) is 1.62. The zero-order chi connectivity index (χ0) is 21.3. The number of thioether (sulfide) groups is 1. The molecule has 1 amide bonds. The number of hydrogen-bond donors (Lipinski definition) is 1. The van der Waals surface area contributed by atoms with Crippen LogP contribution in [0.2, 0.25) is 0 Å². The van der Waals surface area contributed by atoms with Gasteiger partial charge < -0.3 is 9.64 Å². The van der Waals surface area contributed by atoms with Gasteiger partial charge in [0.1, 0.15) is 5.75 Å². The molecule has 0 aliphatic carbocycles. The molecule has 0 aromatic heterocycles. The third-order valence-electron chi connectivity index (χ3n) is 4.75. The number of methoxy groups -OCH3 is 1. The molecule has 9 heteroatoms. The van der Waals surface area contributed by atoms with Crippen LogP contribution in [0.1, 0.15) is 24.8 Å². The minimum Gasteiger partial charge on any atom is -0.496 e. The van der Waals surface area contributed by atoms with E-state index in [1.807, 2.05) is 18.2 Å². The number of nitro groups is 1. The molecule has 158 valence electrons. The Kier molecular flexibility index (Phi) is 7.67. The Balaban J connectivity index is 1.52. The number of nitrogens with zero attached hydrogens (tertiary/aromatic N) is 3. The van der Waals surface area contributed by atoms with Crippen molar-refractivity contribution < 1.29 is 14.5 Å². The van der Waals surface area contributed by atoms with E-state index in [-0.39, 0.29) is 17.3 Å². The van der Waals surface area contributed by atoms with Gasteiger partial charge in [0.25, 0.3) is 5.69 Å². The SMILES string of the molecule is COc1cc(N2CCCCC2)ccc1/C=N\NC(=O)CSc1ccc([N+](=O)[O-])cc1. The molecule has 3 rings (SSSR count). The van der Waals surface area contributed by atoms with Gasteiger partial charge in [-0.25, -0.2) is 5.43 Å². The molecule has 0 radical (unpaired) electrons. The molecule has 0 bridgehead atoms. The van der Waals surface area contributed by atoms with Gasteiger partial charge in [0, 0.05) is 47.4 Å². The summed E-state index contributed by atoms with van der Waals surface area (Å²) in [6.45, 7) is 2.11. The molecule has 0 saturated carbocycles. The predicted octanol–water partition coefficient (Wildman–Crippen LogP) is 3.84. The van der Waals surface area contributed by atoms with Gasteiger partial charge in [0.2, 0.25) is 5.91 Å². The molecular weight excluding hydrogens is 404 g/mol. The Hall–Kier alpha value is -3.07. The second-order valence-corrected chi connectivity index (χ2v) is 7.86. The lowest BCUT2D eigenvalue weighted by atomic mass is 10.1. The van der Waals surface area contributed by atoms with Crippen LogP contribution in [-0.4, -0.2) is 43.0 Å². The van der Waals surface area contributed by atoms with E-state index in [2.05, 4.69) is 15.4 Å². The molecule has 1 N–H and O–H groups in total. The lowest BCUT2D eigenvalue weighted by Gasteiger charge is -2.29. The molecule has 1 saturated heterocycles. The molecule has 1 aliphatic heterocycles. The van der Waals surface area contributed by atoms with Gasteiger partial charge in [-0.1, -0.05) is 0 Å². The van der Waals surface area contributed by atoms with Gasteiger partial charge in [-0.2, -0.15) is 5.10 Å². The first kappa shape index (κ1) is 21.6. The molecule has 1 fully saturated rings. The molecule has 8 nitrogen and oxygen atoms in total. The van der Waals surface area contributed by atoms with Gasteiger partial charge in [0.05, 0.1) is 24.0 Å². The number of non-ortho nitro benzene ring substituents is 1. The number of carbonyl (C=O) groups is 1. The number of nitrogens with one attached hydrogen (secondary N) is 1. The fraction of sp³-hybridized carbons (Fsp3) is 0.333. The third-order valence-corrected chi connectivity index (χ3v) is 5.76. The molecule has 0 atom stereocenters. The highest BCUT2D eigenvalue weighted by Gasteiger charge is 2.13. The Morgan fingerprint density at radius 3 is 2.63 bits per heavy atom. The molecule has 2 aromatic rings. The summed E-state index contributed by atoms with van der Waals surface area (Å²) < 4.78 is 5.48. The number of piperidine rings is 1. The van der Waals surface area contributed by atoms with E-state index in [0.29, 0.717) is 5.75 Å². The van der Waals surface area contributed by atoms with Crippen molar-refractivity contribution in [2.45, 2.75) is 24.2 Å². The molecule has 30 heavy (non-hydrogen) atoms. The molecule has 2 aromatic carbocycles. The van der Waals surface area contributed by atoms with Crippen molar-refractivity contribution in [2.24, 2.45) is 5.10 Å². The van der Waals surface area contributed by atoms with Gasteiger partial charge in [-0.3, -0.25) is 14.9 Å². The standard InChI is InChI=1S/C21H24N4O4S/c1-29-20-13-18(24-11-3-2-4-12-24)6-5-16(20)14-22-23-21(26)15-30-19-9-7-17(8-10-19)25(27)28/h5-10,13-14H,2-4,11-12,15H2,1H3,(H,23,26)/b22-14-. The summed E-state index contributed by atoms with van der Waals surface area (Å²) in [6, 6.07) is 12.0. The Morgan fingerprint density at radius 2 is 1.97 bits per heavy atom. The molecule has 0 unspecified atom stereocenters.